The molecule has 0 radical (unpaired) electrons. The van der Waals surface area contributed by atoms with Gasteiger partial charge < -0.3 is 4.79 Å². The summed E-state index contributed by atoms with van der Waals surface area (Å²) in [4.78, 5) is 8.00. The molecule has 0 saturated heterocycles. The molecule has 2 rings (SSSR count). The van der Waals surface area contributed by atoms with Crippen molar-refractivity contribution in [2.45, 2.75) is 38.5 Å². The fourth-order valence-electron chi connectivity index (χ4n) is 2.06. The van der Waals surface area contributed by atoms with Crippen molar-refractivity contribution < 1.29 is 9.00 Å². The van der Waals surface area contributed by atoms with Gasteiger partial charge in [0.15, 0.2) is 0 Å². The van der Waals surface area contributed by atoms with Crippen LogP contribution in [-0.2, 0) is 33.5 Å². The Kier molecular flexibility index (Phi) is 7.86. The van der Waals surface area contributed by atoms with E-state index in [-0.39, 0.29) is 5.41 Å². The third kappa shape index (κ3) is 6.89. The molecule has 0 heterocycles. The number of benzene rings is 2. The molecule has 0 aliphatic rings. The Bertz CT molecular complexity index is 604. The number of hydrogen-bond acceptors (Lipinski definition) is 2. The van der Waals surface area contributed by atoms with Gasteiger partial charge in [-0.2, -0.15) is 0 Å². The van der Waals surface area contributed by atoms with E-state index in [1.54, 1.807) is 0 Å². The zero-order valence-electron chi connectivity index (χ0n) is 14.0. The van der Waals surface area contributed by atoms with Gasteiger partial charge >= 0.3 is 0 Å². The van der Waals surface area contributed by atoms with Crippen LogP contribution in [0.5, 0.6) is 0 Å². The average Bonchev–Trinajstić information content (AvgIpc) is 2.55. The zero-order valence-corrected chi connectivity index (χ0v) is 14.9. The molecule has 2 aromatic carbocycles. The maximum absolute atomic E-state index is 12.0. The van der Waals surface area contributed by atoms with E-state index in [9.17, 15) is 4.21 Å². The molecule has 23 heavy (non-hydrogen) atoms. The third-order valence-electron chi connectivity index (χ3n) is 3.40. The van der Waals surface area contributed by atoms with Gasteiger partial charge in [-0.1, -0.05) is 75.4 Å². The van der Waals surface area contributed by atoms with E-state index in [2.05, 4.69) is 49.8 Å². The number of nitrogens with one attached hydrogen (secondary N) is 1. The minimum absolute atomic E-state index is 0.169. The Labute approximate surface area is 141 Å². The fraction of sp³-hybridized carbons (Fsp3) is 0.316. The largest absolute Gasteiger partial charge is 0.307 e. The predicted molar refractivity (Wildman–Crippen MR) is 97.4 cm³/mol. The van der Waals surface area contributed by atoms with Crippen LogP contribution in [-0.4, -0.2) is 11.0 Å². The van der Waals surface area contributed by atoms with E-state index in [0.29, 0.717) is 12.3 Å². The molecule has 2 aromatic rings. The van der Waals surface area contributed by atoms with Crippen molar-refractivity contribution in [3.05, 3.63) is 71.3 Å². The molecule has 124 valence electrons. The summed E-state index contributed by atoms with van der Waals surface area (Å²) in [5.41, 5.74) is 3.73. The quantitative estimate of drug-likeness (QED) is 0.907. The minimum atomic E-state index is -1.04. The molecular weight excluding hydrogens is 306 g/mol. The number of rotatable bonds is 5. The lowest BCUT2D eigenvalue weighted by Gasteiger charge is -2.19. The van der Waals surface area contributed by atoms with Gasteiger partial charge in [-0.05, 0) is 22.1 Å². The number of carbonyl (C=O) groups is 1. The van der Waals surface area contributed by atoms with Crippen LogP contribution in [0.3, 0.4) is 0 Å². The second-order valence-electron chi connectivity index (χ2n) is 6.24. The van der Waals surface area contributed by atoms with E-state index in [1.807, 2.05) is 37.1 Å². The lowest BCUT2D eigenvalue weighted by molar-refractivity contribution is -0.0979. The van der Waals surface area contributed by atoms with Crippen molar-refractivity contribution >= 4 is 17.8 Å². The summed E-state index contributed by atoms with van der Waals surface area (Å²) in [6.45, 7) is 9.24. The Balaban J connectivity index is 0.00000127. The van der Waals surface area contributed by atoms with Crippen LogP contribution < -0.4 is 4.72 Å². The summed E-state index contributed by atoms with van der Waals surface area (Å²) < 4.78 is 15.1. The minimum Gasteiger partial charge on any atom is -0.307 e. The van der Waals surface area contributed by atoms with Crippen LogP contribution in [0.1, 0.15) is 37.5 Å². The first-order valence-corrected chi connectivity index (χ1v) is 8.81. The Morgan fingerprint density at radius 2 is 1.48 bits per heavy atom. The first-order valence-electron chi connectivity index (χ1n) is 7.49. The van der Waals surface area contributed by atoms with Crippen LogP contribution in [0.4, 0.5) is 0 Å². The molecule has 1 unspecified atom stereocenters. The zero-order chi connectivity index (χ0) is 17.3. The maximum Gasteiger partial charge on any atom is 0.106 e. The SMILES string of the molecule is C=O.CC(C)(C)c1ccc(CNS(=O)Cc2ccccc2)cc1. The molecule has 0 aromatic heterocycles. The van der Waals surface area contributed by atoms with E-state index in [1.165, 1.54) is 5.56 Å². The number of hydrogen-bond donors (Lipinski definition) is 1. The van der Waals surface area contributed by atoms with Crippen molar-refractivity contribution in [3.63, 3.8) is 0 Å². The Morgan fingerprint density at radius 1 is 0.913 bits per heavy atom. The highest BCUT2D eigenvalue weighted by atomic mass is 32.2. The van der Waals surface area contributed by atoms with Crippen LogP contribution in [0.15, 0.2) is 54.6 Å². The first-order chi connectivity index (χ1) is 10.9. The van der Waals surface area contributed by atoms with E-state index in [4.69, 9.17) is 4.79 Å². The highest BCUT2D eigenvalue weighted by Crippen LogP contribution is 2.22. The van der Waals surface area contributed by atoms with Gasteiger partial charge in [-0.3, -0.25) is 0 Å². The molecule has 0 fully saturated rings. The van der Waals surface area contributed by atoms with Gasteiger partial charge in [0.2, 0.25) is 0 Å². The van der Waals surface area contributed by atoms with Crippen LogP contribution in [0.2, 0.25) is 0 Å². The normalized spacial score (nSPS) is 12.1. The number of carbonyl (C=O) groups excluding carboxylic acids is 1. The van der Waals surface area contributed by atoms with Gasteiger partial charge in [0.25, 0.3) is 0 Å². The monoisotopic (exact) mass is 331 g/mol. The Hall–Kier alpha value is -1.78. The predicted octanol–water partition coefficient (Wildman–Crippen LogP) is 3.75. The molecule has 1 atom stereocenters. The molecule has 0 spiro atoms. The summed E-state index contributed by atoms with van der Waals surface area (Å²) in [7, 11) is -1.04. The van der Waals surface area contributed by atoms with E-state index < -0.39 is 11.0 Å². The second kappa shape index (κ2) is 9.38. The standard InChI is InChI=1S/C18H23NOS.CH2O/c1-18(2,3)17-11-9-15(10-12-17)13-19-21(20)14-16-7-5-4-6-8-16;1-2/h4-12,19H,13-14H2,1-3H3;1H2. The lowest BCUT2D eigenvalue weighted by Crippen LogP contribution is -2.18. The summed E-state index contributed by atoms with van der Waals surface area (Å²) in [5, 5.41) is 0. The van der Waals surface area contributed by atoms with Gasteiger partial charge in [-0.15, -0.1) is 0 Å². The fourth-order valence-corrected chi connectivity index (χ4v) is 2.99. The summed E-state index contributed by atoms with van der Waals surface area (Å²) in [6.07, 6.45) is 0. The molecule has 4 heteroatoms. The average molecular weight is 331 g/mol. The molecule has 0 aliphatic heterocycles. The molecule has 1 N–H and O–H groups in total. The van der Waals surface area contributed by atoms with Gasteiger partial charge in [0, 0.05) is 6.54 Å². The van der Waals surface area contributed by atoms with Crippen molar-refractivity contribution in [2.24, 2.45) is 0 Å². The van der Waals surface area contributed by atoms with Crippen LogP contribution in [0.25, 0.3) is 0 Å². The van der Waals surface area contributed by atoms with Crippen molar-refractivity contribution in [1.82, 2.24) is 4.72 Å². The van der Waals surface area contributed by atoms with Gasteiger partial charge in [0.1, 0.15) is 6.79 Å². The topological polar surface area (TPSA) is 46.2 Å². The highest BCUT2D eigenvalue weighted by Gasteiger charge is 2.12. The highest BCUT2D eigenvalue weighted by molar-refractivity contribution is 7.82. The van der Waals surface area contributed by atoms with Gasteiger partial charge in [0.05, 0.1) is 16.7 Å². The smallest absolute Gasteiger partial charge is 0.106 e. The molecule has 0 bridgehead atoms. The van der Waals surface area contributed by atoms with E-state index >= 15 is 0 Å². The summed E-state index contributed by atoms with van der Waals surface area (Å²) >= 11 is 0. The second-order valence-corrected chi connectivity index (χ2v) is 7.51. The molecule has 0 amide bonds. The van der Waals surface area contributed by atoms with E-state index in [0.717, 1.165) is 11.1 Å². The van der Waals surface area contributed by atoms with Crippen LogP contribution >= 0.6 is 0 Å². The van der Waals surface area contributed by atoms with Crippen molar-refractivity contribution in [2.75, 3.05) is 0 Å². The lowest BCUT2D eigenvalue weighted by atomic mass is 9.87. The first kappa shape index (κ1) is 19.3. The third-order valence-corrected chi connectivity index (χ3v) is 4.46. The molecule has 0 saturated carbocycles. The summed E-state index contributed by atoms with van der Waals surface area (Å²) in [6, 6.07) is 18.4. The van der Waals surface area contributed by atoms with Crippen LogP contribution in [0, 0.1) is 0 Å². The molecule has 3 nitrogen and oxygen atoms in total. The molecule has 0 aliphatic carbocycles. The summed E-state index contributed by atoms with van der Waals surface area (Å²) in [5.74, 6) is 0.543. The van der Waals surface area contributed by atoms with Crippen molar-refractivity contribution in [3.8, 4) is 0 Å². The maximum atomic E-state index is 12.0. The van der Waals surface area contributed by atoms with Gasteiger partial charge in [-0.25, -0.2) is 8.93 Å². The van der Waals surface area contributed by atoms with Crippen molar-refractivity contribution in [1.29, 1.82) is 0 Å². The molecular formula is C19H25NO2S. The Morgan fingerprint density at radius 3 is 2.00 bits per heavy atom.